The maximum atomic E-state index is 12.7. The quantitative estimate of drug-likeness (QED) is 0.807. The monoisotopic (exact) mass is 365 g/mol. The van der Waals surface area contributed by atoms with Crippen molar-refractivity contribution >= 4 is 23.0 Å². The van der Waals surface area contributed by atoms with Gasteiger partial charge < -0.3 is 15.1 Å². The SMILES string of the molecule is CCN(CC(=O)Nc1ccc(N2CCCC2)cc1C)c1ccc(C)cc1C. The minimum atomic E-state index is 0.0221. The summed E-state index contributed by atoms with van der Waals surface area (Å²) in [5, 5.41) is 3.09. The van der Waals surface area contributed by atoms with Gasteiger partial charge in [-0.05, 0) is 75.9 Å². The van der Waals surface area contributed by atoms with E-state index in [9.17, 15) is 4.79 Å². The number of nitrogens with one attached hydrogen (secondary N) is 1. The molecule has 1 saturated heterocycles. The molecule has 0 aliphatic carbocycles. The molecule has 4 heteroatoms. The summed E-state index contributed by atoms with van der Waals surface area (Å²) >= 11 is 0. The molecule has 0 radical (unpaired) electrons. The Kier molecular flexibility index (Phi) is 6.04. The summed E-state index contributed by atoms with van der Waals surface area (Å²) in [7, 11) is 0. The van der Waals surface area contributed by atoms with E-state index in [0.29, 0.717) is 6.54 Å². The third-order valence-electron chi connectivity index (χ3n) is 5.36. The van der Waals surface area contributed by atoms with Gasteiger partial charge in [0.05, 0.1) is 6.54 Å². The molecule has 1 N–H and O–H groups in total. The van der Waals surface area contributed by atoms with Crippen LogP contribution in [0.1, 0.15) is 36.5 Å². The van der Waals surface area contributed by atoms with Gasteiger partial charge in [0, 0.05) is 36.7 Å². The normalized spacial score (nSPS) is 13.7. The first-order valence-electron chi connectivity index (χ1n) is 9.95. The van der Waals surface area contributed by atoms with Crippen LogP contribution < -0.4 is 15.1 Å². The second-order valence-electron chi connectivity index (χ2n) is 7.55. The van der Waals surface area contributed by atoms with E-state index in [1.165, 1.54) is 29.7 Å². The molecule has 144 valence electrons. The number of aryl methyl sites for hydroxylation is 3. The zero-order chi connectivity index (χ0) is 19.4. The van der Waals surface area contributed by atoms with E-state index in [0.717, 1.165) is 36.6 Å². The van der Waals surface area contributed by atoms with Crippen molar-refractivity contribution in [2.75, 3.05) is 41.3 Å². The Morgan fingerprint density at radius 2 is 1.78 bits per heavy atom. The third kappa shape index (κ3) is 4.62. The number of likely N-dealkylation sites (N-methyl/N-ethyl adjacent to an activating group) is 1. The lowest BCUT2D eigenvalue weighted by Crippen LogP contribution is -2.33. The lowest BCUT2D eigenvalue weighted by atomic mass is 10.1. The first-order valence-corrected chi connectivity index (χ1v) is 9.95. The van der Waals surface area contributed by atoms with E-state index in [-0.39, 0.29) is 5.91 Å². The van der Waals surface area contributed by atoms with Crippen LogP contribution in [0.3, 0.4) is 0 Å². The number of carbonyl (C=O) groups excluding carboxylic acids is 1. The number of carbonyl (C=O) groups is 1. The number of benzene rings is 2. The summed E-state index contributed by atoms with van der Waals surface area (Å²) in [6.45, 7) is 11.8. The van der Waals surface area contributed by atoms with Gasteiger partial charge in [-0.15, -0.1) is 0 Å². The molecule has 0 aromatic heterocycles. The van der Waals surface area contributed by atoms with Crippen molar-refractivity contribution in [3.63, 3.8) is 0 Å². The number of rotatable bonds is 6. The summed E-state index contributed by atoms with van der Waals surface area (Å²) in [6.07, 6.45) is 2.53. The highest BCUT2D eigenvalue weighted by molar-refractivity contribution is 5.95. The lowest BCUT2D eigenvalue weighted by Gasteiger charge is -2.25. The summed E-state index contributed by atoms with van der Waals surface area (Å²) < 4.78 is 0. The molecule has 1 heterocycles. The van der Waals surface area contributed by atoms with Gasteiger partial charge in [-0.2, -0.15) is 0 Å². The van der Waals surface area contributed by atoms with Gasteiger partial charge in [-0.25, -0.2) is 0 Å². The zero-order valence-corrected chi connectivity index (χ0v) is 17.0. The molecule has 1 aliphatic heterocycles. The molecular formula is C23H31N3O. The van der Waals surface area contributed by atoms with Gasteiger partial charge in [0.2, 0.25) is 5.91 Å². The van der Waals surface area contributed by atoms with Crippen molar-refractivity contribution in [1.82, 2.24) is 0 Å². The van der Waals surface area contributed by atoms with Crippen LogP contribution in [0, 0.1) is 20.8 Å². The van der Waals surface area contributed by atoms with Crippen molar-refractivity contribution in [1.29, 1.82) is 0 Å². The van der Waals surface area contributed by atoms with Crippen LogP contribution in [-0.4, -0.2) is 32.1 Å². The maximum absolute atomic E-state index is 12.7. The highest BCUT2D eigenvalue weighted by Gasteiger charge is 2.15. The predicted molar refractivity (Wildman–Crippen MR) is 115 cm³/mol. The molecule has 0 unspecified atom stereocenters. The summed E-state index contributed by atoms with van der Waals surface area (Å²) in [5.41, 5.74) is 6.84. The topological polar surface area (TPSA) is 35.6 Å². The van der Waals surface area contributed by atoms with Crippen LogP contribution in [0.2, 0.25) is 0 Å². The molecule has 1 amide bonds. The average molecular weight is 366 g/mol. The Balaban J connectivity index is 1.67. The fraction of sp³-hybridized carbons (Fsp3) is 0.435. The van der Waals surface area contributed by atoms with Gasteiger partial charge >= 0.3 is 0 Å². The van der Waals surface area contributed by atoms with Crippen molar-refractivity contribution in [2.45, 2.75) is 40.5 Å². The largest absolute Gasteiger partial charge is 0.372 e. The molecule has 1 fully saturated rings. The van der Waals surface area contributed by atoms with E-state index in [1.54, 1.807) is 0 Å². The van der Waals surface area contributed by atoms with Gasteiger partial charge in [-0.3, -0.25) is 4.79 Å². The minimum absolute atomic E-state index is 0.0221. The molecule has 0 saturated carbocycles. The third-order valence-corrected chi connectivity index (χ3v) is 5.36. The second-order valence-corrected chi connectivity index (χ2v) is 7.55. The predicted octanol–water partition coefficient (Wildman–Crippen LogP) is 4.68. The summed E-state index contributed by atoms with van der Waals surface area (Å²) in [6, 6.07) is 12.7. The minimum Gasteiger partial charge on any atom is -0.372 e. The summed E-state index contributed by atoms with van der Waals surface area (Å²) in [4.78, 5) is 17.2. The van der Waals surface area contributed by atoms with Crippen LogP contribution in [0.15, 0.2) is 36.4 Å². The highest BCUT2D eigenvalue weighted by atomic mass is 16.2. The molecule has 0 spiro atoms. The Hall–Kier alpha value is -2.49. The standard InChI is InChI=1S/C23H31N3O/c1-5-25(22-11-8-17(2)14-19(22)4)16-23(27)24-21-10-9-20(15-18(21)3)26-12-6-7-13-26/h8-11,14-15H,5-7,12-13,16H2,1-4H3,(H,24,27). The van der Waals surface area contributed by atoms with Crippen LogP contribution in [0.25, 0.3) is 0 Å². The fourth-order valence-electron chi connectivity index (χ4n) is 3.85. The Labute approximate surface area is 163 Å². The van der Waals surface area contributed by atoms with E-state index in [4.69, 9.17) is 0 Å². The van der Waals surface area contributed by atoms with Gasteiger partial charge in [0.25, 0.3) is 0 Å². The summed E-state index contributed by atoms with van der Waals surface area (Å²) in [5.74, 6) is 0.0221. The fourth-order valence-corrected chi connectivity index (χ4v) is 3.85. The number of anilines is 3. The van der Waals surface area contributed by atoms with Crippen LogP contribution >= 0.6 is 0 Å². The number of hydrogen-bond donors (Lipinski definition) is 1. The van der Waals surface area contributed by atoms with Gasteiger partial charge in [-0.1, -0.05) is 17.7 Å². The second kappa shape index (κ2) is 8.47. The van der Waals surface area contributed by atoms with E-state index in [2.05, 4.69) is 73.1 Å². The van der Waals surface area contributed by atoms with Crippen LogP contribution in [0.5, 0.6) is 0 Å². The lowest BCUT2D eigenvalue weighted by molar-refractivity contribution is -0.115. The molecule has 3 rings (SSSR count). The van der Waals surface area contributed by atoms with Crippen molar-refractivity contribution < 1.29 is 4.79 Å². The van der Waals surface area contributed by atoms with Crippen molar-refractivity contribution in [2.24, 2.45) is 0 Å². The molecule has 1 aliphatic rings. The molecule has 2 aromatic rings. The van der Waals surface area contributed by atoms with Crippen LogP contribution in [0.4, 0.5) is 17.1 Å². The average Bonchev–Trinajstić information content (AvgIpc) is 3.16. The highest BCUT2D eigenvalue weighted by Crippen LogP contribution is 2.26. The van der Waals surface area contributed by atoms with Crippen molar-refractivity contribution in [3.05, 3.63) is 53.1 Å². The Bertz CT molecular complexity index is 809. The molecule has 4 nitrogen and oxygen atoms in total. The smallest absolute Gasteiger partial charge is 0.243 e. The van der Waals surface area contributed by atoms with E-state index in [1.807, 2.05) is 6.07 Å². The van der Waals surface area contributed by atoms with Gasteiger partial charge in [0.1, 0.15) is 0 Å². The Morgan fingerprint density at radius 1 is 1.04 bits per heavy atom. The Morgan fingerprint density at radius 3 is 2.41 bits per heavy atom. The molecule has 27 heavy (non-hydrogen) atoms. The zero-order valence-electron chi connectivity index (χ0n) is 17.0. The maximum Gasteiger partial charge on any atom is 0.243 e. The number of hydrogen-bond acceptors (Lipinski definition) is 3. The van der Waals surface area contributed by atoms with Crippen LogP contribution in [-0.2, 0) is 4.79 Å². The number of nitrogens with zero attached hydrogens (tertiary/aromatic N) is 2. The molecule has 0 bridgehead atoms. The van der Waals surface area contributed by atoms with E-state index >= 15 is 0 Å². The molecule has 2 aromatic carbocycles. The molecular weight excluding hydrogens is 334 g/mol. The van der Waals surface area contributed by atoms with E-state index < -0.39 is 0 Å². The first-order chi connectivity index (χ1) is 13.0. The first kappa shape index (κ1) is 19.3. The van der Waals surface area contributed by atoms with Gasteiger partial charge in [0.15, 0.2) is 0 Å². The molecule has 0 atom stereocenters. The van der Waals surface area contributed by atoms with Crippen molar-refractivity contribution in [3.8, 4) is 0 Å². The number of amides is 1.